The number of piperidine rings is 1. The number of benzene rings is 1. The fraction of sp³-hybridized carbons (Fsp3) is 0.375. The van der Waals surface area contributed by atoms with Crippen LogP contribution in [0.5, 0.6) is 0 Å². The average molecular weight is 319 g/mol. The number of hydrogen-bond donors (Lipinski definition) is 1. The summed E-state index contributed by atoms with van der Waals surface area (Å²) in [6, 6.07) is 6.48. The summed E-state index contributed by atoms with van der Waals surface area (Å²) in [5, 5.41) is 0.540. The number of carbonyl (C=O) groups excluding carboxylic acids is 1. The van der Waals surface area contributed by atoms with Gasteiger partial charge in [0.05, 0.1) is 6.20 Å². The molecule has 1 aromatic heterocycles. The number of nitrogens with zero attached hydrogens (tertiary/aromatic N) is 2. The highest BCUT2D eigenvalue weighted by molar-refractivity contribution is 7.16. The van der Waals surface area contributed by atoms with Crippen LogP contribution in [0, 0.1) is 11.7 Å². The van der Waals surface area contributed by atoms with Crippen LogP contribution in [0.15, 0.2) is 30.5 Å². The predicted molar refractivity (Wildman–Crippen MR) is 85.2 cm³/mol. The Bertz CT molecular complexity index is 665. The Balaban J connectivity index is 1.74. The summed E-state index contributed by atoms with van der Waals surface area (Å²) < 4.78 is 13.8. The summed E-state index contributed by atoms with van der Waals surface area (Å²) in [5.74, 6) is 0.176. The van der Waals surface area contributed by atoms with Gasteiger partial charge in [-0.2, -0.15) is 0 Å². The molecule has 2 aromatic rings. The van der Waals surface area contributed by atoms with Crippen LogP contribution in [-0.4, -0.2) is 35.4 Å². The van der Waals surface area contributed by atoms with Gasteiger partial charge in [-0.15, -0.1) is 11.3 Å². The molecule has 1 amide bonds. The van der Waals surface area contributed by atoms with Gasteiger partial charge in [-0.25, -0.2) is 9.37 Å². The monoisotopic (exact) mass is 319 g/mol. The molecule has 0 saturated carbocycles. The molecule has 1 aliphatic heterocycles. The Morgan fingerprint density at radius 1 is 1.36 bits per heavy atom. The summed E-state index contributed by atoms with van der Waals surface area (Å²) in [4.78, 5) is 19.1. The van der Waals surface area contributed by atoms with Gasteiger partial charge in [0, 0.05) is 18.7 Å². The van der Waals surface area contributed by atoms with Gasteiger partial charge in [0.2, 0.25) is 0 Å². The molecule has 2 heterocycles. The lowest BCUT2D eigenvalue weighted by Gasteiger charge is -2.30. The second kappa shape index (κ2) is 6.54. The molecular weight excluding hydrogens is 301 g/mol. The van der Waals surface area contributed by atoms with Gasteiger partial charge in [-0.3, -0.25) is 4.79 Å². The van der Waals surface area contributed by atoms with Crippen molar-refractivity contribution in [1.29, 1.82) is 0 Å². The summed E-state index contributed by atoms with van der Waals surface area (Å²) in [6.45, 7) is 2.14. The van der Waals surface area contributed by atoms with E-state index in [-0.39, 0.29) is 11.7 Å². The van der Waals surface area contributed by atoms with E-state index in [4.69, 9.17) is 5.73 Å². The molecule has 1 aromatic carbocycles. The first-order valence-electron chi connectivity index (χ1n) is 7.39. The molecule has 0 radical (unpaired) electrons. The van der Waals surface area contributed by atoms with Gasteiger partial charge in [0.15, 0.2) is 0 Å². The number of carbonyl (C=O) groups is 1. The van der Waals surface area contributed by atoms with E-state index >= 15 is 0 Å². The van der Waals surface area contributed by atoms with Crippen molar-refractivity contribution in [3.8, 4) is 10.6 Å². The van der Waals surface area contributed by atoms with E-state index in [0.29, 0.717) is 27.9 Å². The molecule has 0 aliphatic carbocycles. The molecule has 3 rings (SSSR count). The minimum atomic E-state index is -0.320. The molecule has 6 heteroatoms. The Hall–Kier alpha value is -1.79. The fourth-order valence-electron chi connectivity index (χ4n) is 2.66. The average Bonchev–Trinajstić information content (AvgIpc) is 3.04. The summed E-state index contributed by atoms with van der Waals surface area (Å²) in [6.07, 6.45) is 3.44. The molecule has 22 heavy (non-hydrogen) atoms. The molecule has 0 atom stereocenters. The highest BCUT2D eigenvalue weighted by atomic mass is 32.1. The van der Waals surface area contributed by atoms with E-state index < -0.39 is 0 Å². The maximum Gasteiger partial charge on any atom is 0.265 e. The van der Waals surface area contributed by atoms with Crippen molar-refractivity contribution in [1.82, 2.24) is 9.88 Å². The van der Waals surface area contributed by atoms with Crippen molar-refractivity contribution in [3.63, 3.8) is 0 Å². The van der Waals surface area contributed by atoms with Crippen LogP contribution in [0.25, 0.3) is 10.6 Å². The lowest BCUT2D eigenvalue weighted by atomic mass is 9.97. The number of likely N-dealkylation sites (tertiary alicyclic amines) is 1. The van der Waals surface area contributed by atoms with E-state index in [2.05, 4.69) is 4.98 Å². The third-order valence-electron chi connectivity index (χ3n) is 4.06. The number of amides is 1. The number of hydrogen-bond acceptors (Lipinski definition) is 4. The minimum absolute atomic E-state index is 0.0180. The molecular formula is C16H18FN3OS. The zero-order chi connectivity index (χ0) is 15.5. The van der Waals surface area contributed by atoms with E-state index in [1.54, 1.807) is 24.4 Å². The van der Waals surface area contributed by atoms with Crippen molar-refractivity contribution >= 4 is 17.2 Å². The van der Waals surface area contributed by atoms with Crippen molar-refractivity contribution in [2.24, 2.45) is 11.7 Å². The second-order valence-electron chi connectivity index (χ2n) is 5.48. The minimum Gasteiger partial charge on any atom is -0.338 e. The first-order valence-corrected chi connectivity index (χ1v) is 8.20. The van der Waals surface area contributed by atoms with Crippen LogP contribution in [0.4, 0.5) is 4.39 Å². The number of aromatic nitrogens is 1. The lowest BCUT2D eigenvalue weighted by molar-refractivity contribution is 0.0698. The van der Waals surface area contributed by atoms with E-state index in [1.165, 1.54) is 17.4 Å². The number of halogens is 1. The summed E-state index contributed by atoms with van der Waals surface area (Å²) in [7, 11) is 0. The largest absolute Gasteiger partial charge is 0.338 e. The Labute approximate surface area is 132 Å². The molecule has 1 aliphatic rings. The van der Waals surface area contributed by atoms with Crippen LogP contribution in [0.1, 0.15) is 22.5 Å². The number of nitrogens with two attached hydrogens (primary N) is 1. The predicted octanol–water partition coefficient (Wildman–Crippen LogP) is 2.76. The maximum atomic E-state index is 13.8. The van der Waals surface area contributed by atoms with Crippen LogP contribution < -0.4 is 5.73 Å². The van der Waals surface area contributed by atoms with Gasteiger partial charge >= 0.3 is 0 Å². The summed E-state index contributed by atoms with van der Waals surface area (Å²) in [5.41, 5.74) is 6.11. The molecule has 116 valence electrons. The Morgan fingerprint density at radius 2 is 2.09 bits per heavy atom. The van der Waals surface area contributed by atoms with Crippen LogP contribution in [0.2, 0.25) is 0 Å². The fourth-order valence-corrected chi connectivity index (χ4v) is 3.57. The first kappa shape index (κ1) is 15.1. The SMILES string of the molecule is NCC1CCN(C(=O)c2cnc(-c3ccccc3F)s2)CC1. The van der Waals surface area contributed by atoms with E-state index in [1.807, 2.05) is 4.90 Å². The highest BCUT2D eigenvalue weighted by Gasteiger charge is 2.24. The number of thiazole rings is 1. The third kappa shape index (κ3) is 3.03. The normalized spacial score (nSPS) is 16.0. The zero-order valence-electron chi connectivity index (χ0n) is 12.2. The first-order chi connectivity index (χ1) is 10.7. The number of rotatable bonds is 3. The van der Waals surface area contributed by atoms with Gasteiger partial charge in [0.1, 0.15) is 15.7 Å². The smallest absolute Gasteiger partial charge is 0.265 e. The molecule has 0 spiro atoms. The second-order valence-corrected chi connectivity index (χ2v) is 6.51. The van der Waals surface area contributed by atoms with Crippen molar-refractivity contribution < 1.29 is 9.18 Å². The molecule has 1 fully saturated rings. The summed E-state index contributed by atoms with van der Waals surface area (Å²) >= 11 is 1.24. The topological polar surface area (TPSA) is 59.2 Å². The van der Waals surface area contributed by atoms with Crippen LogP contribution in [-0.2, 0) is 0 Å². The molecule has 0 bridgehead atoms. The van der Waals surface area contributed by atoms with Gasteiger partial charge in [-0.1, -0.05) is 12.1 Å². The highest BCUT2D eigenvalue weighted by Crippen LogP contribution is 2.28. The van der Waals surface area contributed by atoms with Crippen molar-refractivity contribution in [2.75, 3.05) is 19.6 Å². The van der Waals surface area contributed by atoms with Gasteiger partial charge in [-0.05, 0) is 37.4 Å². The van der Waals surface area contributed by atoms with Crippen molar-refractivity contribution in [2.45, 2.75) is 12.8 Å². The van der Waals surface area contributed by atoms with Gasteiger partial charge in [0.25, 0.3) is 5.91 Å². The molecule has 2 N–H and O–H groups in total. The molecule has 4 nitrogen and oxygen atoms in total. The Morgan fingerprint density at radius 3 is 2.77 bits per heavy atom. The standard InChI is InChI=1S/C16H18FN3OS/c17-13-4-2-1-3-12(13)15-19-10-14(22-15)16(21)20-7-5-11(9-18)6-8-20/h1-4,10-11H,5-9,18H2. The third-order valence-corrected chi connectivity index (χ3v) is 5.07. The quantitative estimate of drug-likeness (QED) is 0.946. The Kier molecular flexibility index (Phi) is 4.49. The van der Waals surface area contributed by atoms with Crippen LogP contribution in [0.3, 0.4) is 0 Å². The van der Waals surface area contributed by atoms with Crippen LogP contribution >= 0.6 is 11.3 Å². The molecule has 0 unspecified atom stereocenters. The van der Waals surface area contributed by atoms with E-state index in [0.717, 1.165) is 25.9 Å². The zero-order valence-corrected chi connectivity index (χ0v) is 13.0. The van der Waals surface area contributed by atoms with Gasteiger partial charge < -0.3 is 10.6 Å². The lowest BCUT2D eigenvalue weighted by Crippen LogP contribution is -2.39. The maximum absolute atomic E-state index is 13.8. The van der Waals surface area contributed by atoms with Crippen molar-refractivity contribution in [3.05, 3.63) is 41.2 Å². The molecule has 1 saturated heterocycles. The van der Waals surface area contributed by atoms with E-state index in [9.17, 15) is 9.18 Å².